The summed E-state index contributed by atoms with van der Waals surface area (Å²) in [5.74, 6) is -2.24. The van der Waals surface area contributed by atoms with Crippen LogP contribution in [0.25, 0.3) is 0 Å². The molecule has 0 unspecified atom stereocenters. The van der Waals surface area contributed by atoms with Crippen molar-refractivity contribution in [1.82, 2.24) is 4.98 Å². The maximum atomic E-state index is 13.1. The number of rotatable bonds is 5. The first-order valence-corrected chi connectivity index (χ1v) is 6.28. The number of hydrogen-bond acceptors (Lipinski definition) is 3. The normalized spacial score (nSPS) is 10.1. The van der Waals surface area contributed by atoms with Crippen LogP contribution in [0.3, 0.4) is 0 Å². The highest BCUT2D eigenvalue weighted by molar-refractivity contribution is 6.06. The molecule has 0 atom stereocenters. The third kappa shape index (κ3) is 3.85. The van der Waals surface area contributed by atoms with E-state index >= 15 is 0 Å². The summed E-state index contributed by atoms with van der Waals surface area (Å²) in [5.41, 5.74) is 0.678. The van der Waals surface area contributed by atoms with Crippen molar-refractivity contribution in [3.63, 3.8) is 0 Å². The topological polar surface area (TPSA) is 70.5 Å². The number of carbonyl (C=O) groups excluding carboxylic acids is 1. The van der Waals surface area contributed by atoms with Gasteiger partial charge < -0.3 is 10.0 Å². The lowest BCUT2D eigenvalue weighted by Crippen LogP contribution is -2.33. The fraction of sp³-hybridized carbons (Fsp3) is 0.133. The number of benzene rings is 1. The van der Waals surface area contributed by atoms with E-state index < -0.39 is 17.8 Å². The Morgan fingerprint density at radius 1 is 1.19 bits per heavy atom. The molecule has 5 nitrogen and oxygen atoms in total. The molecule has 1 aromatic heterocycles. The van der Waals surface area contributed by atoms with Gasteiger partial charge in [0.05, 0.1) is 6.42 Å². The molecule has 21 heavy (non-hydrogen) atoms. The highest BCUT2D eigenvalue weighted by Crippen LogP contribution is 2.17. The van der Waals surface area contributed by atoms with Crippen molar-refractivity contribution < 1.29 is 19.1 Å². The van der Waals surface area contributed by atoms with Crippen molar-refractivity contribution >= 4 is 17.6 Å². The van der Waals surface area contributed by atoms with Crippen LogP contribution in [0.4, 0.5) is 10.1 Å². The zero-order valence-electron chi connectivity index (χ0n) is 11.1. The van der Waals surface area contributed by atoms with Gasteiger partial charge in [-0.3, -0.25) is 9.59 Å². The molecule has 1 aromatic carbocycles. The molecule has 0 saturated carbocycles. The second-order valence-corrected chi connectivity index (χ2v) is 4.30. The van der Waals surface area contributed by atoms with Gasteiger partial charge >= 0.3 is 5.97 Å². The maximum absolute atomic E-state index is 13.1. The minimum Gasteiger partial charge on any atom is -0.481 e. The van der Waals surface area contributed by atoms with Gasteiger partial charge in [0, 0.05) is 30.1 Å². The third-order valence-electron chi connectivity index (χ3n) is 2.84. The van der Waals surface area contributed by atoms with Crippen LogP contribution < -0.4 is 4.90 Å². The van der Waals surface area contributed by atoms with Crippen LogP contribution >= 0.6 is 0 Å². The average Bonchev–Trinajstić information content (AvgIpc) is 2.48. The van der Waals surface area contributed by atoms with Crippen molar-refractivity contribution in [1.29, 1.82) is 0 Å². The molecule has 0 radical (unpaired) electrons. The van der Waals surface area contributed by atoms with Gasteiger partial charge in [-0.25, -0.2) is 4.98 Å². The summed E-state index contributed by atoms with van der Waals surface area (Å²) >= 11 is 0. The zero-order chi connectivity index (χ0) is 15.2. The number of carbonyl (C=O) groups is 2. The monoisotopic (exact) mass is 288 g/mol. The lowest BCUT2D eigenvalue weighted by atomic mass is 10.2. The van der Waals surface area contributed by atoms with Crippen LogP contribution in [-0.2, 0) is 4.79 Å². The number of para-hydroxylation sites is 1. The largest absolute Gasteiger partial charge is 0.481 e. The van der Waals surface area contributed by atoms with Crippen molar-refractivity contribution in [2.45, 2.75) is 6.42 Å². The first kappa shape index (κ1) is 14.6. The summed E-state index contributed by atoms with van der Waals surface area (Å²) in [6.07, 6.45) is 0.997. The molecule has 0 bridgehead atoms. The summed E-state index contributed by atoms with van der Waals surface area (Å²) in [5, 5.41) is 8.80. The fourth-order valence-corrected chi connectivity index (χ4v) is 1.85. The van der Waals surface area contributed by atoms with Gasteiger partial charge in [0.15, 0.2) is 0 Å². The summed E-state index contributed by atoms with van der Waals surface area (Å²) in [6, 6.07) is 11.1. The lowest BCUT2D eigenvalue weighted by Gasteiger charge is -2.22. The summed E-state index contributed by atoms with van der Waals surface area (Å²) in [6.45, 7) is 0.00211. The SMILES string of the molecule is O=C(O)CCN(C(=O)c1ccnc(F)c1)c1ccccc1. The van der Waals surface area contributed by atoms with Crippen LogP contribution in [0.15, 0.2) is 48.7 Å². The molecular formula is C15H13FN2O3. The molecule has 1 heterocycles. The standard InChI is InChI=1S/C15H13FN2O3/c16-13-10-11(6-8-17-13)15(21)18(9-7-14(19)20)12-4-2-1-3-5-12/h1-6,8,10H,7,9H2,(H,19,20). The molecule has 0 aliphatic heterocycles. The van der Waals surface area contributed by atoms with Crippen LogP contribution in [0, 0.1) is 5.95 Å². The van der Waals surface area contributed by atoms with Gasteiger partial charge in [-0.05, 0) is 18.2 Å². The van der Waals surface area contributed by atoms with E-state index in [1.807, 2.05) is 0 Å². The molecular weight excluding hydrogens is 275 g/mol. The molecule has 0 saturated heterocycles. The van der Waals surface area contributed by atoms with E-state index in [1.165, 1.54) is 17.2 Å². The Labute approximate surface area is 120 Å². The molecule has 2 aromatic rings. The highest BCUT2D eigenvalue weighted by Gasteiger charge is 2.19. The predicted octanol–water partition coefficient (Wildman–Crippen LogP) is 2.34. The van der Waals surface area contributed by atoms with E-state index in [4.69, 9.17) is 5.11 Å². The molecule has 2 rings (SSSR count). The molecule has 1 amide bonds. The van der Waals surface area contributed by atoms with Crippen LogP contribution in [0.2, 0.25) is 0 Å². The molecule has 1 N–H and O–H groups in total. The Morgan fingerprint density at radius 2 is 1.90 bits per heavy atom. The van der Waals surface area contributed by atoms with Crippen molar-refractivity contribution in [2.75, 3.05) is 11.4 Å². The van der Waals surface area contributed by atoms with Gasteiger partial charge in [-0.1, -0.05) is 18.2 Å². The molecule has 0 aliphatic rings. The second kappa shape index (κ2) is 6.60. The van der Waals surface area contributed by atoms with E-state index in [2.05, 4.69) is 4.98 Å². The maximum Gasteiger partial charge on any atom is 0.305 e. The van der Waals surface area contributed by atoms with Gasteiger partial charge in [0.2, 0.25) is 5.95 Å². The minimum absolute atomic E-state index is 0.00211. The van der Waals surface area contributed by atoms with Crippen molar-refractivity contribution in [3.05, 3.63) is 60.2 Å². The number of anilines is 1. The molecule has 0 spiro atoms. The Balaban J connectivity index is 2.30. The smallest absolute Gasteiger partial charge is 0.305 e. The van der Waals surface area contributed by atoms with Gasteiger partial charge in [-0.15, -0.1) is 0 Å². The number of amides is 1. The van der Waals surface area contributed by atoms with E-state index in [0.29, 0.717) is 5.69 Å². The van der Waals surface area contributed by atoms with E-state index in [1.54, 1.807) is 30.3 Å². The van der Waals surface area contributed by atoms with Crippen molar-refractivity contribution in [3.8, 4) is 0 Å². The molecule has 6 heteroatoms. The number of nitrogens with zero attached hydrogens (tertiary/aromatic N) is 2. The van der Waals surface area contributed by atoms with Crippen molar-refractivity contribution in [2.24, 2.45) is 0 Å². The van der Waals surface area contributed by atoms with Crippen LogP contribution in [0.5, 0.6) is 0 Å². The number of pyridine rings is 1. The number of aromatic nitrogens is 1. The minimum atomic E-state index is -1.01. The van der Waals surface area contributed by atoms with Gasteiger partial charge in [0.1, 0.15) is 0 Å². The Kier molecular flexibility index (Phi) is 4.61. The number of halogens is 1. The molecule has 0 aliphatic carbocycles. The third-order valence-corrected chi connectivity index (χ3v) is 2.84. The summed E-state index contributed by atoms with van der Waals surface area (Å²) < 4.78 is 13.1. The lowest BCUT2D eigenvalue weighted by molar-refractivity contribution is -0.136. The summed E-state index contributed by atoms with van der Waals surface area (Å²) in [7, 11) is 0. The second-order valence-electron chi connectivity index (χ2n) is 4.30. The van der Waals surface area contributed by atoms with Gasteiger partial charge in [-0.2, -0.15) is 4.39 Å². The van der Waals surface area contributed by atoms with Gasteiger partial charge in [0.25, 0.3) is 5.91 Å². The number of carboxylic acid groups (broad SMARTS) is 1. The zero-order valence-corrected chi connectivity index (χ0v) is 11.1. The van der Waals surface area contributed by atoms with E-state index in [9.17, 15) is 14.0 Å². The summed E-state index contributed by atoms with van der Waals surface area (Å²) in [4.78, 5) is 27.9. The molecule has 108 valence electrons. The molecule has 0 fully saturated rings. The van der Waals surface area contributed by atoms with E-state index in [0.717, 1.165) is 6.07 Å². The quantitative estimate of drug-likeness (QED) is 0.857. The highest BCUT2D eigenvalue weighted by atomic mass is 19.1. The first-order chi connectivity index (χ1) is 10.1. The fourth-order valence-electron chi connectivity index (χ4n) is 1.85. The number of aliphatic carboxylic acids is 1. The Bertz CT molecular complexity index is 646. The Morgan fingerprint density at radius 3 is 2.52 bits per heavy atom. The average molecular weight is 288 g/mol. The number of carboxylic acids is 1. The first-order valence-electron chi connectivity index (χ1n) is 6.28. The number of hydrogen-bond donors (Lipinski definition) is 1. The predicted molar refractivity (Wildman–Crippen MR) is 74.6 cm³/mol. The van der Waals surface area contributed by atoms with Crippen LogP contribution in [0.1, 0.15) is 16.8 Å². The van der Waals surface area contributed by atoms with E-state index in [-0.39, 0.29) is 18.5 Å². The van der Waals surface area contributed by atoms with Crippen LogP contribution in [-0.4, -0.2) is 28.5 Å². The Hall–Kier alpha value is -2.76.